The Morgan fingerprint density at radius 1 is 1.85 bits per heavy atom. The highest BCUT2D eigenvalue weighted by molar-refractivity contribution is 6.16. The third-order valence-electron chi connectivity index (χ3n) is 1.53. The van der Waals surface area contributed by atoms with E-state index in [1.807, 2.05) is 0 Å². The summed E-state index contributed by atoms with van der Waals surface area (Å²) in [6, 6.07) is -0.662. The van der Waals surface area contributed by atoms with Crippen molar-refractivity contribution in [1.29, 1.82) is 0 Å². The van der Waals surface area contributed by atoms with Crippen LogP contribution in [0.1, 0.15) is 12.6 Å². The topological polar surface area (TPSA) is 73.8 Å². The first-order chi connectivity index (χ1) is 6.13. The second kappa shape index (κ2) is 4.18. The van der Waals surface area contributed by atoms with Crippen molar-refractivity contribution in [2.45, 2.75) is 25.4 Å². The zero-order valence-corrected chi connectivity index (χ0v) is 7.81. The lowest BCUT2D eigenvalue weighted by Crippen LogP contribution is -2.22. The van der Waals surface area contributed by atoms with Gasteiger partial charge in [-0.2, -0.15) is 0 Å². The van der Waals surface area contributed by atoms with Crippen LogP contribution in [0.5, 0.6) is 0 Å². The summed E-state index contributed by atoms with van der Waals surface area (Å²) in [5, 5.41) is 17.7. The van der Waals surface area contributed by atoms with Gasteiger partial charge in [0.2, 0.25) is 6.04 Å². The minimum Gasteiger partial charge on any atom is -0.264 e. The molecule has 72 valence electrons. The minimum atomic E-state index is -0.662. The lowest BCUT2D eigenvalue weighted by Gasteiger charge is -2.01. The Kier molecular flexibility index (Phi) is 3.18. The second-order valence-electron chi connectivity index (χ2n) is 2.70. The molecule has 1 heterocycles. The van der Waals surface area contributed by atoms with Crippen molar-refractivity contribution in [2.75, 3.05) is 0 Å². The highest BCUT2D eigenvalue weighted by atomic mass is 35.5. The summed E-state index contributed by atoms with van der Waals surface area (Å²) in [6.45, 7) is 1.74. The molecule has 1 rings (SSSR count). The van der Waals surface area contributed by atoms with Gasteiger partial charge in [0, 0.05) is 18.0 Å². The van der Waals surface area contributed by atoms with Crippen LogP contribution in [0.4, 0.5) is 0 Å². The Hall–Kier alpha value is -1.17. The predicted octanol–water partition coefficient (Wildman–Crippen LogP) is 0.682. The molecule has 0 amide bonds. The fourth-order valence-electron chi connectivity index (χ4n) is 0.826. The van der Waals surface area contributed by atoms with Crippen LogP contribution in [-0.4, -0.2) is 26.0 Å². The average Bonchev–Trinajstić information content (AvgIpc) is 2.52. The highest BCUT2D eigenvalue weighted by Gasteiger charge is 2.14. The maximum absolute atomic E-state index is 10.3. The molecule has 0 aliphatic carbocycles. The Balaban J connectivity index is 2.58. The molecule has 0 fully saturated rings. The van der Waals surface area contributed by atoms with Gasteiger partial charge < -0.3 is 0 Å². The Morgan fingerprint density at radius 2 is 2.54 bits per heavy atom. The van der Waals surface area contributed by atoms with Crippen LogP contribution in [0.15, 0.2) is 6.20 Å². The molecule has 0 saturated heterocycles. The van der Waals surface area contributed by atoms with E-state index in [0.717, 1.165) is 0 Å². The lowest BCUT2D eigenvalue weighted by molar-refractivity contribution is -0.520. The van der Waals surface area contributed by atoms with E-state index >= 15 is 0 Å². The van der Waals surface area contributed by atoms with Crippen molar-refractivity contribution in [2.24, 2.45) is 0 Å². The molecular formula is C6H9ClN4O2. The summed E-state index contributed by atoms with van der Waals surface area (Å²) in [6.07, 6.45) is 1.60. The molecule has 0 bridgehead atoms. The van der Waals surface area contributed by atoms with E-state index in [0.29, 0.717) is 5.69 Å². The molecule has 6 nitrogen and oxygen atoms in total. The van der Waals surface area contributed by atoms with Crippen molar-refractivity contribution in [3.8, 4) is 0 Å². The highest BCUT2D eigenvalue weighted by Crippen LogP contribution is 1.99. The quantitative estimate of drug-likeness (QED) is 0.411. The molecular weight excluding hydrogens is 196 g/mol. The number of alkyl halides is 1. The average molecular weight is 205 g/mol. The van der Waals surface area contributed by atoms with Gasteiger partial charge in [0.1, 0.15) is 6.54 Å². The van der Waals surface area contributed by atoms with Crippen LogP contribution in [0.25, 0.3) is 0 Å². The number of aromatic nitrogens is 3. The lowest BCUT2D eigenvalue weighted by atomic mass is 10.3. The van der Waals surface area contributed by atoms with E-state index in [1.165, 1.54) is 11.6 Å². The van der Waals surface area contributed by atoms with Crippen LogP contribution in [-0.2, 0) is 12.4 Å². The van der Waals surface area contributed by atoms with Crippen molar-refractivity contribution in [3.05, 3.63) is 22.0 Å². The van der Waals surface area contributed by atoms with Crippen molar-refractivity contribution in [1.82, 2.24) is 15.0 Å². The fraction of sp³-hybridized carbons (Fsp3) is 0.667. The van der Waals surface area contributed by atoms with E-state index < -0.39 is 6.04 Å². The standard InChI is InChI=1S/C6H9ClN4O2/c1-5(11(12)13)3-10-4-6(2-7)8-9-10/h4-5H,2-3H2,1H3. The van der Waals surface area contributed by atoms with Crippen LogP contribution in [0.3, 0.4) is 0 Å². The Morgan fingerprint density at radius 3 is 3.00 bits per heavy atom. The Bertz CT molecular complexity index is 301. The van der Waals surface area contributed by atoms with Gasteiger partial charge in [0.05, 0.1) is 11.6 Å². The molecule has 0 aliphatic rings. The van der Waals surface area contributed by atoms with E-state index in [-0.39, 0.29) is 17.3 Å². The largest absolute Gasteiger partial charge is 0.264 e. The van der Waals surface area contributed by atoms with Gasteiger partial charge in [-0.1, -0.05) is 5.21 Å². The fourth-order valence-corrected chi connectivity index (χ4v) is 0.949. The van der Waals surface area contributed by atoms with Crippen LogP contribution >= 0.6 is 11.6 Å². The van der Waals surface area contributed by atoms with Gasteiger partial charge >= 0.3 is 0 Å². The van der Waals surface area contributed by atoms with Crippen LogP contribution in [0.2, 0.25) is 0 Å². The summed E-state index contributed by atoms with van der Waals surface area (Å²) >= 11 is 5.49. The zero-order valence-electron chi connectivity index (χ0n) is 7.05. The van der Waals surface area contributed by atoms with Gasteiger partial charge in [-0.25, -0.2) is 4.68 Å². The molecule has 1 aromatic rings. The van der Waals surface area contributed by atoms with Gasteiger partial charge in [-0.15, -0.1) is 16.7 Å². The first kappa shape index (κ1) is 9.91. The van der Waals surface area contributed by atoms with E-state index in [9.17, 15) is 10.1 Å². The van der Waals surface area contributed by atoms with E-state index in [2.05, 4.69) is 10.3 Å². The minimum absolute atomic E-state index is 0.219. The summed E-state index contributed by atoms with van der Waals surface area (Å²) < 4.78 is 1.42. The monoisotopic (exact) mass is 204 g/mol. The number of rotatable bonds is 4. The van der Waals surface area contributed by atoms with Crippen molar-refractivity contribution < 1.29 is 4.92 Å². The van der Waals surface area contributed by atoms with Gasteiger partial charge in [-0.05, 0) is 0 Å². The molecule has 0 radical (unpaired) electrons. The normalized spacial score (nSPS) is 12.8. The molecule has 1 aromatic heterocycles. The zero-order chi connectivity index (χ0) is 9.84. The molecule has 7 heteroatoms. The third-order valence-corrected chi connectivity index (χ3v) is 1.81. The predicted molar refractivity (Wildman–Crippen MR) is 46.0 cm³/mol. The Labute approximate surface area is 79.6 Å². The van der Waals surface area contributed by atoms with Crippen molar-refractivity contribution >= 4 is 11.6 Å². The maximum Gasteiger partial charge on any atom is 0.229 e. The smallest absolute Gasteiger partial charge is 0.229 e. The number of nitro groups is 1. The van der Waals surface area contributed by atoms with Crippen LogP contribution < -0.4 is 0 Å². The molecule has 0 aromatic carbocycles. The van der Waals surface area contributed by atoms with Crippen molar-refractivity contribution in [3.63, 3.8) is 0 Å². The third kappa shape index (κ3) is 2.66. The molecule has 1 unspecified atom stereocenters. The number of nitrogens with zero attached hydrogens (tertiary/aromatic N) is 4. The first-order valence-corrected chi connectivity index (χ1v) is 4.25. The summed E-state index contributed by atoms with van der Waals surface area (Å²) in [5.41, 5.74) is 0.622. The van der Waals surface area contributed by atoms with E-state index in [1.54, 1.807) is 6.20 Å². The molecule has 0 saturated carbocycles. The number of hydrogen-bond donors (Lipinski definition) is 0. The number of hydrogen-bond acceptors (Lipinski definition) is 4. The number of halogens is 1. The molecule has 13 heavy (non-hydrogen) atoms. The second-order valence-corrected chi connectivity index (χ2v) is 2.97. The van der Waals surface area contributed by atoms with E-state index in [4.69, 9.17) is 11.6 Å². The van der Waals surface area contributed by atoms with Gasteiger partial charge in [-0.3, -0.25) is 10.1 Å². The first-order valence-electron chi connectivity index (χ1n) is 3.72. The molecule has 0 spiro atoms. The summed E-state index contributed by atoms with van der Waals surface area (Å²) in [4.78, 5) is 9.94. The van der Waals surface area contributed by atoms with Gasteiger partial charge in [0.25, 0.3) is 0 Å². The molecule has 0 aliphatic heterocycles. The molecule has 1 atom stereocenters. The molecule has 0 N–H and O–H groups in total. The van der Waals surface area contributed by atoms with Crippen LogP contribution in [0, 0.1) is 10.1 Å². The maximum atomic E-state index is 10.3. The summed E-state index contributed by atoms with van der Waals surface area (Å²) in [5.74, 6) is 0.271. The van der Waals surface area contributed by atoms with Gasteiger partial charge in [0.15, 0.2) is 0 Å². The summed E-state index contributed by atoms with van der Waals surface area (Å²) in [7, 11) is 0. The SMILES string of the molecule is CC(Cn1cc(CCl)nn1)[N+](=O)[O-].